The highest BCUT2D eigenvalue weighted by Gasteiger charge is 2.45. The Balaban J connectivity index is 2.13. The second-order valence-corrected chi connectivity index (χ2v) is 3.79. The van der Waals surface area contributed by atoms with E-state index < -0.39 is 17.8 Å². The van der Waals surface area contributed by atoms with Gasteiger partial charge in [-0.05, 0) is 0 Å². The van der Waals surface area contributed by atoms with E-state index >= 15 is 0 Å². The lowest BCUT2D eigenvalue weighted by Crippen LogP contribution is -2.32. The molecule has 1 fully saturated rings. The molecule has 0 bridgehead atoms. The van der Waals surface area contributed by atoms with Gasteiger partial charge in [0.25, 0.3) is 0 Å². The third-order valence-electron chi connectivity index (χ3n) is 2.79. The fourth-order valence-electron chi connectivity index (χ4n) is 1.98. The number of fused-ring (bicyclic) bond motifs is 1. The van der Waals surface area contributed by atoms with Crippen LogP contribution in [0.15, 0.2) is 24.3 Å². The molecule has 5 nitrogen and oxygen atoms in total. The van der Waals surface area contributed by atoms with Crippen LogP contribution in [0.4, 0.5) is 0 Å². The molecule has 0 saturated carbocycles. The number of imide groups is 1. The van der Waals surface area contributed by atoms with Gasteiger partial charge in [0.2, 0.25) is 11.8 Å². The van der Waals surface area contributed by atoms with Gasteiger partial charge in [0, 0.05) is 6.54 Å². The van der Waals surface area contributed by atoms with E-state index in [1.54, 1.807) is 24.3 Å². The predicted molar refractivity (Wildman–Crippen MR) is 54.2 cm³/mol. The lowest BCUT2D eigenvalue weighted by molar-refractivity contribution is -0.141. The second kappa shape index (κ2) is 3.92. The van der Waals surface area contributed by atoms with Crippen molar-refractivity contribution < 1.29 is 19.5 Å². The van der Waals surface area contributed by atoms with E-state index in [2.05, 4.69) is 0 Å². The van der Waals surface area contributed by atoms with Crippen molar-refractivity contribution >= 4 is 17.8 Å². The Labute approximate surface area is 92.0 Å². The molecule has 84 valence electrons. The van der Waals surface area contributed by atoms with E-state index in [1.807, 2.05) is 0 Å². The van der Waals surface area contributed by atoms with Crippen molar-refractivity contribution in [2.75, 3.05) is 6.54 Å². The van der Waals surface area contributed by atoms with Gasteiger partial charge >= 0.3 is 5.97 Å². The lowest BCUT2D eigenvalue weighted by atomic mass is 9.91. The third-order valence-corrected chi connectivity index (χ3v) is 2.79. The monoisotopic (exact) mass is 221 g/mol. The SMILES string of the molecule is O=C(O)CCN1C(=O)C2C=CC=CC2C1=O. The number of aliphatic carboxylic acids is 1. The summed E-state index contributed by atoms with van der Waals surface area (Å²) in [5, 5.41) is 8.53. The lowest BCUT2D eigenvalue weighted by Gasteiger charge is -2.12. The molecule has 0 aromatic carbocycles. The summed E-state index contributed by atoms with van der Waals surface area (Å²) in [6.07, 6.45) is 6.63. The molecule has 0 aromatic heterocycles. The molecule has 2 unspecified atom stereocenters. The molecule has 16 heavy (non-hydrogen) atoms. The van der Waals surface area contributed by atoms with Crippen LogP contribution in [-0.2, 0) is 14.4 Å². The van der Waals surface area contributed by atoms with Gasteiger partial charge in [-0.1, -0.05) is 24.3 Å². The van der Waals surface area contributed by atoms with Gasteiger partial charge in [-0.25, -0.2) is 0 Å². The highest BCUT2D eigenvalue weighted by molar-refractivity contribution is 6.07. The van der Waals surface area contributed by atoms with Gasteiger partial charge in [-0.15, -0.1) is 0 Å². The number of amides is 2. The van der Waals surface area contributed by atoms with Crippen molar-refractivity contribution in [2.45, 2.75) is 6.42 Å². The van der Waals surface area contributed by atoms with Crippen LogP contribution in [0, 0.1) is 11.8 Å². The molecule has 2 amide bonds. The van der Waals surface area contributed by atoms with Crippen molar-refractivity contribution in [3.8, 4) is 0 Å². The molecule has 2 rings (SSSR count). The molecule has 1 saturated heterocycles. The first-order chi connectivity index (χ1) is 7.61. The van der Waals surface area contributed by atoms with Gasteiger partial charge in [-0.2, -0.15) is 0 Å². The van der Waals surface area contributed by atoms with Crippen LogP contribution in [0.3, 0.4) is 0 Å². The van der Waals surface area contributed by atoms with Gasteiger partial charge in [0.1, 0.15) is 0 Å². The number of carbonyl (C=O) groups is 3. The Kier molecular flexibility index (Phi) is 2.60. The molecule has 2 atom stereocenters. The number of likely N-dealkylation sites (tertiary alicyclic amines) is 1. The van der Waals surface area contributed by atoms with Crippen LogP contribution in [0.1, 0.15) is 6.42 Å². The molecule has 5 heteroatoms. The number of hydrogen-bond acceptors (Lipinski definition) is 3. The summed E-state index contributed by atoms with van der Waals surface area (Å²) in [6, 6.07) is 0. The van der Waals surface area contributed by atoms with Crippen LogP contribution < -0.4 is 0 Å². The summed E-state index contributed by atoms with van der Waals surface area (Å²) in [6.45, 7) is -0.0400. The Morgan fingerprint density at radius 2 is 1.69 bits per heavy atom. The van der Waals surface area contributed by atoms with Crippen molar-refractivity contribution in [3.05, 3.63) is 24.3 Å². The van der Waals surface area contributed by atoms with Gasteiger partial charge < -0.3 is 5.11 Å². The molecule has 2 aliphatic rings. The molecule has 1 heterocycles. The first-order valence-corrected chi connectivity index (χ1v) is 5.03. The Bertz CT molecular complexity index is 380. The van der Waals surface area contributed by atoms with E-state index in [4.69, 9.17) is 5.11 Å². The van der Waals surface area contributed by atoms with E-state index in [0.717, 1.165) is 4.90 Å². The average molecular weight is 221 g/mol. The van der Waals surface area contributed by atoms with Crippen LogP contribution in [0.25, 0.3) is 0 Å². The first-order valence-electron chi connectivity index (χ1n) is 5.03. The highest BCUT2D eigenvalue weighted by atomic mass is 16.4. The molecular formula is C11H11NO4. The zero-order chi connectivity index (χ0) is 11.7. The van der Waals surface area contributed by atoms with Crippen LogP contribution in [0.5, 0.6) is 0 Å². The Morgan fingerprint density at radius 1 is 1.19 bits per heavy atom. The maximum Gasteiger partial charge on any atom is 0.305 e. The standard InChI is InChI=1S/C11H11NO4/c13-9(14)5-6-12-10(15)7-3-1-2-4-8(7)11(12)16/h1-4,7-8H,5-6H2,(H,13,14). The summed E-state index contributed by atoms with van der Waals surface area (Å²) in [5.74, 6) is -2.48. The molecular weight excluding hydrogens is 210 g/mol. The maximum atomic E-state index is 11.8. The van der Waals surface area contributed by atoms with Gasteiger partial charge in [0.05, 0.1) is 18.3 Å². The highest BCUT2D eigenvalue weighted by Crippen LogP contribution is 2.30. The van der Waals surface area contributed by atoms with Crippen LogP contribution >= 0.6 is 0 Å². The summed E-state index contributed by atoms with van der Waals surface area (Å²) >= 11 is 0. The number of carboxylic acids is 1. The fraction of sp³-hybridized carbons (Fsp3) is 0.364. The fourth-order valence-corrected chi connectivity index (χ4v) is 1.98. The molecule has 1 aliphatic heterocycles. The van der Waals surface area contributed by atoms with Crippen LogP contribution in [0.2, 0.25) is 0 Å². The van der Waals surface area contributed by atoms with E-state index in [-0.39, 0.29) is 24.8 Å². The number of rotatable bonds is 3. The third kappa shape index (κ3) is 1.64. The zero-order valence-electron chi connectivity index (χ0n) is 8.50. The van der Waals surface area contributed by atoms with E-state index in [0.29, 0.717) is 0 Å². The number of hydrogen-bond donors (Lipinski definition) is 1. The van der Waals surface area contributed by atoms with Gasteiger partial charge in [-0.3, -0.25) is 19.3 Å². The first kappa shape index (κ1) is 10.6. The summed E-state index contributed by atoms with van der Waals surface area (Å²) in [5.41, 5.74) is 0. The molecule has 1 aliphatic carbocycles. The zero-order valence-corrected chi connectivity index (χ0v) is 8.50. The molecule has 0 aromatic rings. The minimum atomic E-state index is -1.01. The van der Waals surface area contributed by atoms with Gasteiger partial charge in [0.15, 0.2) is 0 Å². The number of carboxylic acid groups (broad SMARTS) is 1. The summed E-state index contributed by atoms with van der Waals surface area (Å²) in [7, 11) is 0. The summed E-state index contributed by atoms with van der Waals surface area (Å²) < 4.78 is 0. The van der Waals surface area contributed by atoms with E-state index in [1.165, 1.54) is 0 Å². The van der Waals surface area contributed by atoms with Crippen molar-refractivity contribution in [2.24, 2.45) is 11.8 Å². The maximum absolute atomic E-state index is 11.8. The topological polar surface area (TPSA) is 74.7 Å². The largest absolute Gasteiger partial charge is 0.481 e. The minimum absolute atomic E-state index is 0.0400. The number of allylic oxidation sites excluding steroid dienone is 2. The van der Waals surface area contributed by atoms with Crippen LogP contribution in [-0.4, -0.2) is 34.3 Å². The number of nitrogens with zero attached hydrogens (tertiary/aromatic N) is 1. The average Bonchev–Trinajstić information content (AvgIpc) is 2.50. The Hall–Kier alpha value is -1.91. The molecule has 0 spiro atoms. The van der Waals surface area contributed by atoms with E-state index in [9.17, 15) is 14.4 Å². The van der Waals surface area contributed by atoms with Crippen molar-refractivity contribution in [3.63, 3.8) is 0 Å². The quantitative estimate of drug-likeness (QED) is 0.690. The predicted octanol–water partition coefficient (Wildman–Crippen LogP) is 0.188. The molecule has 1 N–H and O–H groups in total. The summed E-state index contributed by atoms with van der Waals surface area (Å²) in [4.78, 5) is 35.0. The molecule has 0 radical (unpaired) electrons. The van der Waals surface area contributed by atoms with Crippen molar-refractivity contribution in [1.29, 1.82) is 0 Å². The van der Waals surface area contributed by atoms with Crippen molar-refractivity contribution in [1.82, 2.24) is 4.90 Å². The minimum Gasteiger partial charge on any atom is -0.481 e. The second-order valence-electron chi connectivity index (χ2n) is 3.79. The normalized spacial score (nSPS) is 27.4. The smallest absolute Gasteiger partial charge is 0.305 e. The Morgan fingerprint density at radius 3 is 2.12 bits per heavy atom. The number of carbonyl (C=O) groups excluding carboxylic acids is 2.